The van der Waals surface area contributed by atoms with E-state index in [1.807, 2.05) is 4.90 Å². The van der Waals surface area contributed by atoms with Crippen molar-refractivity contribution in [1.29, 1.82) is 0 Å². The lowest BCUT2D eigenvalue weighted by Gasteiger charge is -2.38. The summed E-state index contributed by atoms with van der Waals surface area (Å²) in [6.45, 7) is 3.54. The van der Waals surface area contributed by atoms with Crippen molar-refractivity contribution in [2.45, 2.75) is 69.1 Å². The lowest BCUT2D eigenvalue weighted by molar-refractivity contribution is -0.0533. The standard InChI is InChI=1S/C30H43N5O4/c1-37-26-19-39-16-13-25(26)34-24-11-14-35(15-12-24)30(36)27-28(38-2)29(33-20-32-27)31-18-21-7-6-10-23(17-21)22-8-4-3-5-9-22/h3-5,8-9,20-21,23-26,34H,6-7,10-19H2,1-2H3,(H,31,32,33)/t21-,23+,25-,26+/m0/s1. The van der Waals surface area contributed by atoms with Crippen molar-refractivity contribution in [3.05, 3.63) is 47.9 Å². The first-order valence-electron chi connectivity index (χ1n) is 14.5. The first-order valence-corrected chi connectivity index (χ1v) is 14.5. The van der Waals surface area contributed by atoms with E-state index < -0.39 is 0 Å². The maximum Gasteiger partial charge on any atom is 0.276 e. The van der Waals surface area contributed by atoms with Crippen LogP contribution < -0.4 is 15.4 Å². The molecule has 1 aliphatic carbocycles. The number of methoxy groups -OCH3 is 2. The molecule has 3 aliphatic rings. The molecule has 9 nitrogen and oxygen atoms in total. The van der Waals surface area contributed by atoms with E-state index in [2.05, 4.69) is 50.9 Å². The van der Waals surface area contributed by atoms with Crippen LogP contribution in [0.3, 0.4) is 0 Å². The Balaban J connectivity index is 1.16. The number of piperidine rings is 1. The molecular formula is C30H43N5O4. The summed E-state index contributed by atoms with van der Waals surface area (Å²) < 4.78 is 16.8. The van der Waals surface area contributed by atoms with Gasteiger partial charge in [0.25, 0.3) is 5.91 Å². The monoisotopic (exact) mass is 537 g/mol. The Morgan fingerprint density at radius 2 is 1.90 bits per heavy atom. The Labute approximate surface area is 232 Å². The molecule has 2 aromatic rings. The van der Waals surface area contributed by atoms with Gasteiger partial charge in [0.1, 0.15) is 6.33 Å². The topological polar surface area (TPSA) is 97.8 Å². The molecule has 2 saturated heterocycles. The number of anilines is 1. The van der Waals surface area contributed by atoms with Crippen LogP contribution in [0.2, 0.25) is 0 Å². The van der Waals surface area contributed by atoms with Crippen molar-refractivity contribution in [2.24, 2.45) is 5.92 Å². The highest BCUT2D eigenvalue weighted by Gasteiger charge is 2.32. The van der Waals surface area contributed by atoms with Crippen LogP contribution >= 0.6 is 0 Å². The van der Waals surface area contributed by atoms with Crippen LogP contribution in [-0.4, -0.2) is 86.0 Å². The molecule has 5 rings (SSSR count). The minimum absolute atomic E-state index is 0.0763. The molecule has 1 aromatic heterocycles. The molecule has 1 saturated carbocycles. The Morgan fingerprint density at radius 1 is 1.08 bits per heavy atom. The summed E-state index contributed by atoms with van der Waals surface area (Å²) in [6.07, 6.45) is 9.08. The number of hydrogen-bond acceptors (Lipinski definition) is 8. The summed E-state index contributed by atoms with van der Waals surface area (Å²) >= 11 is 0. The van der Waals surface area contributed by atoms with Crippen molar-refractivity contribution in [3.63, 3.8) is 0 Å². The first kappa shape index (κ1) is 27.8. The average molecular weight is 538 g/mol. The van der Waals surface area contributed by atoms with E-state index >= 15 is 0 Å². The van der Waals surface area contributed by atoms with Gasteiger partial charge < -0.3 is 29.7 Å². The largest absolute Gasteiger partial charge is 0.491 e. The van der Waals surface area contributed by atoms with Crippen LogP contribution in [0.5, 0.6) is 5.75 Å². The number of nitrogens with one attached hydrogen (secondary N) is 2. The number of ether oxygens (including phenoxy) is 3. The summed E-state index contributed by atoms with van der Waals surface area (Å²) in [7, 11) is 3.33. The number of amides is 1. The summed E-state index contributed by atoms with van der Waals surface area (Å²) in [4.78, 5) is 24.2. The average Bonchev–Trinajstić information content (AvgIpc) is 3.00. The maximum atomic E-state index is 13.5. The maximum absolute atomic E-state index is 13.5. The number of aromatic nitrogens is 2. The second kappa shape index (κ2) is 13.5. The summed E-state index contributed by atoms with van der Waals surface area (Å²) in [5.74, 6) is 2.07. The van der Waals surface area contributed by atoms with Gasteiger partial charge in [0.05, 0.1) is 19.8 Å². The molecule has 212 valence electrons. The van der Waals surface area contributed by atoms with E-state index in [1.54, 1.807) is 14.2 Å². The molecule has 0 bridgehead atoms. The van der Waals surface area contributed by atoms with Crippen molar-refractivity contribution >= 4 is 11.7 Å². The van der Waals surface area contributed by atoms with E-state index in [1.165, 1.54) is 31.2 Å². The van der Waals surface area contributed by atoms with Gasteiger partial charge >= 0.3 is 0 Å². The second-order valence-corrected chi connectivity index (χ2v) is 11.1. The Morgan fingerprint density at radius 3 is 2.67 bits per heavy atom. The fourth-order valence-corrected chi connectivity index (χ4v) is 6.43. The van der Waals surface area contributed by atoms with E-state index in [0.29, 0.717) is 60.9 Å². The third-order valence-corrected chi connectivity index (χ3v) is 8.66. The number of benzene rings is 1. The van der Waals surface area contributed by atoms with Crippen LogP contribution in [0.25, 0.3) is 0 Å². The highest BCUT2D eigenvalue weighted by Crippen LogP contribution is 2.36. The first-order chi connectivity index (χ1) is 19.2. The van der Waals surface area contributed by atoms with E-state index in [4.69, 9.17) is 14.2 Å². The fourth-order valence-electron chi connectivity index (χ4n) is 6.43. The van der Waals surface area contributed by atoms with Crippen LogP contribution in [0.1, 0.15) is 66.9 Å². The predicted molar refractivity (Wildman–Crippen MR) is 150 cm³/mol. The number of nitrogens with zero attached hydrogens (tertiary/aromatic N) is 3. The minimum Gasteiger partial charge on any atom is -0.491 e. The molecule has 4 atom stereocenters. The van der Waals surface area contributed by atoms with E-state index in [9.17, 15) is 4.79 Å². The van der Waals surface area contributed by atoms with Gasteiger partial charge in [-0.05, 0) is 55.9 Å². The fraction of sp³-hybridized carbons (Fsp3) is 0.633. The van der Waals surface area contributed by atoms with Gasteiger partial charge in [0, 0.05) is 45.4 Å². The van der Waals surface area contributed by atoms with Crippen LogP contribution in [0.4, 0.5) is 5.82 Å². The molecule has 2 aliphatic heterocycles. The summed E-state index contributed by atoms with van der Waals surface area (Å²) in [5, 5.41) is 7.24. The van der Waals surface area contributed by atoms with Crippen molar-refractivity contribution in [3.8, 4) is 5.75 Å². The van der Waals surface area contributed by atoms with Gasteiger partial charge in [-0.3, -0.25) is 4.79 Å². The molecule has 0 spiro atoms. The molecule has 3 fully saturated rings. The zero-order chi connectivity index (χ0) is 27.0. The molecule has 3 heterocycles. The molecule has 0 unspecified atom stereocenters. The number of hydrogen-bond donors (Lipinski definition) is 2. The quantitative estimate of drug-likeness (QED) is 0.498. The minimum atomic E-state index is -0.0987. The normalized spacial score (nSPS) is 26.3. The third kappa shape index (κ3) is 6.88. The number of carbonyl (C=O) groups is 1. The smallest absolute Gasteiger partial charge is 0.276 e. The molecule has 1 aromatic carbocycles. The molecule has 0 radical (unpaired) electrons. The lowest BCUT2D eigenvalue weighted by Crippen LogP contribution is -2.54. The SMILES string of the molecule is COc1c(NC[C@H]2CCC[C@@H](c3ccccc3)C2)ncnc1C(=O)N1CCC(N[C@H]2CCOC[C@H]2OC)CC1. The summed E-state index contributed by atoms with van der Waals surface area (Å²) in [6, 6.07) is 11.5. The number of carbonyl (C=O) groups excluding carboxylic acids is 1. The highest BCUT2D eigenvalue weighted by atomic mass is 16.5. The van der Waals surface area contributed by atoms with Crippen molar-refractivity contribution in [2.75, 3.05) is 52.4 Å². The predicted octanol–water partition coefficient (Wildman–Crippen LogP) is 3.87. The number of likely N-dealkylation sites (tertiary alicyclic amines) is 1. The van der Waals surface area contributed by atoms with Crippen molar-refractivity contribution < 1.29 is 19.0 Å². The Hall–Kier alpha value is -2.75. The zero-order valence-electron chi connectivity index (χ0n) is 23.3. The zero-order valence-corrected chi connectivity index (χ0v) is 23.3. The van der Waals surface area contributed by atoms with Gasteiger partial charge in [0.15, 0.2) is 17.3 Å². The van der Waals surface area contributed by atoms with Crippen LogP contribution in [0.15, 0.2) is 36.7 Å². The van der Waals surface area contributed by atoms with Gasteiger partial charge in [-0.2, -0.15) is 0 Å². The van der Waals surface area contributed by atoms with E-state index in [0.717, 1.165) is 38.8 Å². The van der Waals surface area contributed by atoms with Crippen LogP contribution in [0, 0.1) is 5.92 Å². The molecule has 39 heavy (non-hydrogen) atoms. The highest BCUT2D eigenvalue weighted by molar-refractivity contribution is 5.96. The molecule has 2 N–H and O–H groups in total. The third-order valence-electron chi connectivity index (χ3n) is 8.66. The Kier molecular flexibility index (Phi) is 9.66. The van der Waals surface area contributed by atoms with Gasteiger partial charge in [-0.15, -0.1) is 0 Å². The van der Waals surface area contributed by atoms with Gasteiger partial charge in [0.2, 0.25) is 0 Å². The van der Waals surface area contributed by atoms with Gasteiger partial charge in [-0.25, -0.2) is 9.97 Å². The van der Waals surface area contributed by atoms with E-state index in [-0.39, 0.29) is 12.0 Å². The number of rotatable bonds is 9. The molecule has 9 heteroatoms. The summed E-state index contributed by atoms with van der Waals surface area (Å²) in [5.41, 5.74) is 1.76. The van der Waals surface area contributed by atoms with Crippen LogP contribution in [-0.2, 0) is 9.47 Å². The molecular weight excluding hydrogens is 494 g/mol. The van der Waals surface area contributed by atoms with Gasteiger partial charge in [-0.1, -0.05) is 36.8 Å². The Bertz CT molecular complexity index is 1060. The molecule has 1 amide bonds. The van der Waals surface area contributed by atoms with Crippen molar-refractivity contribution in [1.82, 2.24) is 20.2 Å². The lowest BCUT2D eigenvalue weighted by atomic mass is 9.78. The second-order valence-electron chi connectivity index (χ2n) is 11.1.